The molecule has 1 saturated heterocycles. The number of imidazole rings is 1. The second kappa shape index (κ2) is 5.03. The summed E-state index contributed by atoms with van der Waals surface area (Å²) in [6.07, 6.45) is 3.74. The van der Waals surface area contributed by atoms with E-state index in [-0.39, 0.29) is 6.10 Å². The zero-order valence-corrected chi connectivity index (χ0v) is 11.6. The molecule has 1 fully saturated rings. The van der Waals surface area contributed by atoms with Crippen molar-refractivity contribution < 1.29 is 4.74 Å². The molecule has 3 nitrogen and oxygen atoms in total. The number of aromatic nitrogens is 2. The number of para-hydroxylation sites is 1. The zero-order valence-electron chi connectivity index (χ0n) is 9.99. The van der Waals surface area contributed by atoms with Crippen LogP contribution in [0.4, 0.5) is 0 Å². The van der Waals surface area contributed by atoms with Crippen molar-refractivity contribution in [2.24, 2.45) is 0 Å². The quantitative estimate of drug-likeness (QED) is 0.846. The van der Waals surface area contributed by atoms with E-state index in [0.29, 0.717) is 4.77 Å². The van der Waals surface area contributed by atoms with Gasteiger partial charge >= 0.3 is 0 Å². The predicted molar refractivity (Wildman–Crippen MR) is 75.7 cm³/mol. The highest BCUT2D eigenvalue weighted by Crippen LogP contribution is 2.25. The summed E-state index contributed by atoms with van der Waals surface area (Å²) in [5, 5.41) is 0.732. The maximum atomic E-state index is 6.27. The van der Waals surface area contributed by atoms with Crippen molar-refractivity contribution in [3.8, 4) is 0 Å². The topological polar surface area (TPSA) is 29.9 Å². The normalized spacial score (nSPS) is 20.4. The Labute approximate surface area is 116 Å². The monoisotopic (exact) mass is 282 g/mol. The molecular formula is C13H15ClN2OS. The molecule has 1 unspecified atom stereocenters. The van der Waals surface area contributed by atoms with Crippen LogP contribution >= 0.6 is 23.8 Å². The fourth-order valence-corrected chi connectivity index (χ4v) is 3.06. The van der Waals surface area contributed by atoms with Crippen LogP contribution in [-0.2, 0) is 11.3 Å². The number of aromatic amines is 1. The lowest BCUT2D eigenvalue weighted by Gasteiger charge is -2.23. The van der Waals surface area contributed by atoms with E-state index in [1.54, 1.807) is 0 Å². The van der Waals surface area contributed by atoms with E-state index in [0.717, 1.165) is 42.0 Å². The fourth-order valence-electron chi connectivity index (χ4n) is 2.50. The lowest BCUT2D eigenvalue weighted by Crippen LogP contribution is -2.24. The number of ether oxygens (including phenoxy) is 1. The first-order chi connectivity index (χ1) is 8.75. The maximum Gasteiger partial charge on any atom is 0.178 e. The summed E-state index contributed by atoms with van der Waals surface area (Å²) in [5.41, 5.74) is 1.97. The molecule has 96 valence electrons. The summed E-state index contributed by atoms with van der Waals surface area (Å²) >= 11 is 11.6. The third kappa shape index (κ3) is 2.20. The van der Waals surface area contributed by atoms with Gasteiger partial charge in [-0.2, -0.15) is 0 Å². The number of benzene rings is 1. The first kappa shape index (κ1) is 12.2. The van der Waals surface area contributed by atoms with Crippen molar-refractivity contribution in [1.82, 2.24) is 9.55 Å². The summed E-state index contributed by atoms with van der Waals surface area (Å²) in [6.45, 7) is 1.64. The molecule has 2 aromatic rings. The van der Waals surface area contributed by atoms with Gasteiger partial charge in [-0.3, -0.25) is 0 Å². The van der Waals surface area contributed by atoms with Crippen LogP contribution in [0.5, 0.6) is 0 Å². The van der Waals surface area contributed by atoms with E-state index in [1.807, 2.05) is 18.2 Å². The first-order valence-corrected chi connectivity index (χ1v) is 7.03. The number of nitrogens with zero attached hydrogens (tertiary/aromatic N) is 1. The molecule has 0 saturated carbocycles. The van der Waals surface area contributed by atoms with Crippen LogP contribution in [0.25, 0.3) is 11.0 Å². The summed E-state index contributed by atoms with van der Waals surface area (Å²) in [7, 11) is 0. The van der Waals surface area contributed by atoms with Gasteiger partial charge in [0.1, 0.15) is 0 Å². The van der Waals surface area contributed by atoms with Crippen LogP contribution in [0.2, 0.25) is 5.02 Å². The molecule has 0 spiro atoms. The third-order valence-corrected chi connectivity index (χ3v) is 4.03. The van der Waals surface area contributed by atoms with Crippen LogP contribution in [-0.4, -0.2) is 22.3 Å². The molecule has 1 N–H and O–H groups in total. The summed E-state index contributed by atoms with van der Waals surface area (Å²) in [4.78, 5) is 3.20. The van der Waals surface area contributed by atoms with Gasteiger partial charge in [0.05, 0.1) is 28.7 Å². The average Bonchev–Trinajstić information content (AvgIpc) is 2.69. The largest absolute Gasteiger partial charge is 0.376 e. The predicted octanol–water partition coefficient (Wildman–Crippen LogP) is 3.92. The Bertz CT molecular complexity index is 613. The lowest BCUT2D eigenvalue weighted by atomic mass is 10.1. The lowest BCUT2D eigenvalue weighted by molar-refractivity contribution is 0.00641. The van der Waals surface area contributed by atoms with Crippen LogP contribution in [0.15, 0.2) is 18.2 Å². The number of hydrogen-bond donors (Lipinski definition) is 1. The molecule has 5 heteroatoms. The van der Waals surface area contributed by atoms with Crippen LogP contribution < -0.4 is 0 Å². The van der Waals surface area contributed by atoms with Crippen molar-refractivity contribution in [2.75, 3.05) is 6.61 Å². The van der Waals surface area contributed by atoms with Gasteiger partial charge in [0.25, 0.3) is 0 Å². The van der Waals surface area contributed by atoms with E-state index in [1.165, 1.54) is 6.42 Å². The van der Waals surface area contributed by atoms with Crippen molar-refractivity contribution in [3.05, 3.63) is 28.0 Å². The van der Waals surface area contributed by atoms with E-state index in [2.05, 4.69) is 9.55 Å². The molecule has 1 atom stereocenters. The standard InChI is InChI=1S/C13H15ClN2OS/c14-10-5-3-6-11-12(10)16(13(18)15-11)8-9-4-1-2-7-17-9/h3,5-6,9H,1-2,4,7-8H2,(H,15,18). The molecule has 18 heavy (non-hydrogen) atoms. The third-order valence-electron chi connectivity index (χ3n) is 3.40. The van der Waals surface area contributed by atoms with E-state index < -0.39 is 0 Å². The average molecular weight is 283 g/mol. The molecule has 1 aromatic carbocycles. The minimum Gasteiger partial charge on any atom is -0.376 e. The van der Waals surface area contributed by atoms with Crippen LogP contribution in [0.3, 0.4) is 0 Å². The number of nitrogens with one attached hydrogen (secondary N) is 1. The van der Waals surface area contributed by atoms with Gasteiger partial charge in [-0.05, 0) is 43.6 Å². The molecule has 2 heterocycles. The van der Waals surface area contributed by atoms with Gasteiger partial charge in [-0.25, -0.2) is 0 Å². The van der Waals surface area contributed by atoms with Crippen LogP contribution in [0.1, 0.15) is 19.3 Å². The Morgan fingerprint density at radius 2 is 2.33 bits per heavy atom. The molecule has 1 aliphatic heterocycles. The minimum absolute atomic E-state index is 0.251. The van der Waals surface area contributed by atoms with Gasteiger partial charge in [0, 0.05) is 6.61 Å². The highest BCUT2D eigenvalue weighted by atomic mass is 35.5. The van der Waals surface area contributed by atoms with Gasteiger partial charge in [-0.1, -0.05) is 17.7 Å². The zero-order chi connectivity index (χ0) is 12.5. The second-order valence-corrected chi connectivity index (χ2v) is 5.46. The highest BCUT2D eigenvalue weighted by Gasteiger charge is 2.17. The SMILES string of the molecule is S=c1[nH]c2cccc(Cl)c2n1CC1CCCCO1. The van der Waals surface area contributed by atoms with Crippen molar-refractivity contribution in [1.29, 1.82) is 0 Å². The first-order valence-electron chi connectivity index (χ1n) is 6.24. The molecule has 0 amide bonds. The van der Waals surface area contributed by atoms with Gasteiger partial charge < -0.3 is 14.3 Å². The second-order valence-electron chi connectivity index (χ2n) is 4.67. The van der Waals surface area contributed by atoms with E-state index in [4.69, 9.17) is 28.6 Å². The minimum atomic E-state index is 0.251. The Kier molecular flexibility index (Phi) is 3.41. The highest BCUT2D eigenvalue weighted by molar-refractivity contribution is 7.71. The molecule has 0 bridgehead atoms. The van der Waals surface area contributed by atoms with E-state index in [9.17, 15) is 0 Å². The molecule has 1 aliphatic rings. The van der Waals surface area contributed by atoms with E-state index >= 15 is 0 Å². The van der Waals surface area contributed by atoms with Crippen LogP contribution in [0, 0.1) is 4.77 Å². The summed E-state index contributed by atoms with van der Waals surface area (Å²) in [6, 6.07) is 5.82. The molecule has 0 radical (unpaired) electrons. The number of hydrogen-bond acceptors (Lipinski definition) is 2. The van der Waals surface area contributed by atoms with Gasteiger partial charge in [0.15, 0.2) is 4.77 Å². The number of H-pyrrole nitrogens is 1. The molecular weight excluding hydrogens is 268 g/mol. The van der Waals surface area contributed by atoms with Crippen molar-refractivity contribution in [3.63, 3.8) is 0 Å². The number of halogens is 1. The summed E-state index contributed by atoms with van der Waals surface area (Å²) in [5.74, 6) is 0. The van der Waals surface area contributed by atoms with Gasteiger partial charge in [0.2, 0.25) is 0 Å². The number of rotatable bonds is 2. The molecule has 1 aromatic heterocycles. The Balaban J connectivity index is 2.00. The summed E-state index contributed by atoms with van der Waals surface area (Å²) < 4.78 is 8.54. The Morgan fingerprint density at radius 3 is 3.11 bits per heavy atom. The van der Waals surface area contributed by atoms with Gasteiger partial charge in [-0.15, -0.1) is 0 Å². The maximum absolute atomic E-state index is 6.27. The Morgan fingerprint density at radius 1 is 1.44 bits per heavy atom. The molecule has 3 rings (SSSR count). The number of fused-ring (bicyclic) bond motifs is 1. The molecule has 0 aliphatic carbocycles. The van der Waals surface area contributed by atoms with Crippen molar-refractivity contribution >= 4 is 34.9 Å². The van der Waals surface area contributed by atoms with Crippen molar-refractivity contribution in [2.45, 2.75) is 31.9 Å². The Hall–Kier alpha value is -0.840. The fraction of sp³-hybridized carbons (Fsp3) is 0.462. The smallest absolute Gasteiger partial charge is 0.178 e.